The number of piperidine rings is 1. The molecule has 0 saturated carbocycles. The van der Waals surface area contributed by atoms with Crippen LogP contribution in [0.2, 0.25) is 0 Å². The third-order valence-corrected chi connectivity index (χ3v) is 6.56. The average Bonchev–Trinajstić information content (AvgIpc) is 3.13. The first-order valence-electron chi connectivity index (χ1n) is 9.71. The summed E-state index contributed by atoms with van der Waals surface area (Å²) in [5.74, 6) is 0.225. The van der Waals surface area contributed by atoms with Gasteiger partial charge >= 0.3 is 0 Å². The Hall–Kier alpha value is -2.31. The Morgan fingerprint density at radius 1 is 1.21 bits per heavy atom. The highest BCUT2D eigenvalue weighted by atomic mass is 32.1. The molecular formula is C22H24FN3OS. The molecule has 0 unspecified atom stereocenters. The van der Waals surface area contributed by atoms with Gasteiger partial charge < -0.3 is 5.32 Å². The number of fused-ring (bicyclic) bond motifs is 1. The number of thiazole rings is 1. The lowest BCUT2D eigenvalue weighted by atomic mass is 9.97. The topological polar surface area (TPSA) is 45.2 Å². The molecule has 6 heteroatoms. The van der Waals surface area contributed by atoms with Crippen LogP contribution in [0.4, 0.5) is 4.39 Å². The van der Waals surface area contributed by atoms with Crippen LogP contribution in [0.5, 0.6) is 0 Å². The number of para-hydroxylation sites is 1. The summed E-state index contributed by atoms with van der Waals surface area (Å²) < 4.78 is 14.3. The van der Waals surface area contributed by atoms with E-state index in [1.54, 1.807) is 23.5 Å². The Bertz CT molecular complexity index is 915. The molecule has 2 heterocycles. The largest absolute Gasteiger partial charge is 0.348 e. The minimum absolute atomic E-state index is 0.00950. The molecule has 28 heavy (non-hydrogen) atoms. The van der Waals surface area contributed by atoms with E-state index in [0.717, 1.165) is 37.0 Å². The second-order valence-corrected chi connectivity index (χ2v) is 8.47. The highest BCUT2D eigenvalue weighted by Crippen LogP contribution is 2.33. The van der Waals surface area contributed by atoms with Crippen molar-refractivity contribution >= 4 is 27.5 Å². The standard InChI is InChI=1S/C22H24FN3OS/c1-15(16-6-8-18(23)9-7-16)24-21(27)14-26-12-10-17(11-13-26)22-25-19-4-2-3-5-20(19)28-22/h2-9,15,17H,10-14H2,1H3,(H,24,27)/t15-/m1/s1. The Labute approximate surface area is 168 Å². The number of nitrogens with zero attached hydrogens (tertiary/aromatic N) is 2. The van der Waals surface area contributed by atoms with Crippen molar-refractivity contribution in [3.63, 3.8) is 0 Å². The first kappa shape index (κ1) is 19.0. The van der Waals surface area contributed by atoms with E-state index in [9.17, 15) is 9.18 Å². The van der Waals surface area contributed by atoms with Gasteiger partial charge in [-0.2, -0.15) is 0 Å². The highest BCUT2D eigenvalue weighted by Gasteiger charge is 2.24. The number of hydrogen-bond donors (Lipinski definition) is 1. The number of halogens is 1. The van der Waals surface area contributed by atoms with Gasteiger partial charge in [0.2, 0.25) is 5.91 Å². The van der Waals surface area contributed by atoms with E-state index in [-0.39, 0.29) is 17.8 Å². The van der Waals surface area contributed by atoms with E-state index < -0.39 is 0 Å². The molecule has 0 spiro atoms. The summed E-state index contributed by atoms with van der Waals surface area (Å²) in [6.07, 6.45) is 2.06. The van der Waals surface area contributed by atoms with Crippen LogP contribution < -0.4 is 5.32 Å². The molecule has 0 radical (unpaired) electrons. The van der Waals surface area contributed by atoms with Crippen LogP contribution in [0.15, 0.2) is 48.5 Å². The van der Waals surface area contributed by atoms with Crippen LogP contribution in [0.1, 0.15) is 42.3 Å². The van der Waals surface area contributed by atoms with Crippen molar-refractivity contribution in [1.82, 2.24) is 15.2 Å². The van der Waals surface area contributed by atoms with Crippen molar-refractivity contribution < 1.29 is 9.18 Å². The first-order valence-corrected chi connectivity index (χ1v) is 10.5. The van der Waals surface area contributed by atoms with Gasteiger partial charge in [-0.25, -0.2) is 9.37 Å². The fourth-order valence-electron chi connectivity index (χ4n) is 3.73. The van der Waals surface area contributed by atoms with Crippen molar-refractivity contribution in [3.05, 3.63) is 64.9 Å². The molecule has 3 aromatic rings. The second kappa shape index (κ2) is 8.37. The van der Waals surface area contributed by atoms with Crippen LogP contribution in [0.3, 0.4) is 0 Å². The Morgan fingerprint density at radius 2 is 1.93 bits per heavy atom. The van der Waals surface area contributed by atoms with Crippen molar-refractivity contribution in [2.75, 3.05) is 19.6 Å². The summed E-state index contributed by atoms with van der Waals surface area (Å²) in [5, 5.41) is 4.23. The number of carbonyl (C=O) groups excluding carboxylic acids is 1. The molecule has 146 valence electrons. The molecular weight excluding hydrogens is 373 g/mol. The second-order valence-electron chi connectivity index (χ2n) is 7.41. The van der Waals surface area contributed by atoms with Crippen LogP contribution >= 0.6 is 11.3 Å². The first-order chi connectivity index (χ1) is 13.6. The molecule has 4 rings (SSSR count). The van der Waals surface area contributed by atoms with Gasteiger partial charge in [-0.15, -0.1) is 11.3 Å². The lowest BCUT2D eigenvalue weighted by Crippen LogP contribution is -2.41. The average molecular weight is 398 g/mol. The molecule has 1 aliphatic rings. The Morgan fingerprint density at radius 3 is 2.64 bits per heavy atom. The maximum Gasteiger partial charge on any atom is 0.234 e. The SMILES string of the molecule is C[C@@H](NC(=O)CN1CCC(c2nc3ccccc3s2)CC1)c1ccc(F)cc1. The van der Waals surface area contributed by atoms with Gasteiger partial charge in [-0.05, 0) is 62.7 Å². The van der Waals surface area contributed by atoms with Crippen molar-refractivity contribution in [1.29, 1.82) is 0 Å². The maximum atomic E-state index is 13.0. The number of amides is 1. The molecule has 1 aromatic heterocycles. The van der Waals surface area contributed by atoms with Gasteiger partial charge in [0.15, 0.2) is 0 Å². The fraction of sp³-hybridized carbons (Fsp3) is 0.364. The monoisotopic (exact) mass is 397 g/mol. The normalized spacial score (nSPS) is 16.9. The van der Waals surface area contributed by atoms with E-state index in [1.807, 2.05) is 13.0 Å². The van der Waals surface area contributed by atoms with Gasteiger partial charge in [0.1, 0.15) is 5.82 Å². The van der Waals surface area contributed by atoms with Crippen LogP contribution in [-0.2, 0) is 4.79 Å². The van der Waals surface area contributed by atoms with Gasteiger partial charge in [0.25, 0.3) is 0 Å². The van der Waals surface area contributed by atoms with Gasteiger partial charge in [0, 0.05) is 5.92 Å². The quantitative estimate of drug-likeness (QED) is 0.690. The summed E-state index contributed by atoms with van der Waals surface area (Å²) in [5.41, 5.74) is 1.99. The molecule has 1 aliphatic heterocycles. The Balaban J connectivity index is 1.27. The van der Waals surface area contributed by atoms with Crippen molar-refractivity contribution in [3.8, 4) is 0 Å². The number of benzene rings is 2. The van der Waals surface area contributed by atoms with Crippen molar-refractivity contribution in [2.24, 2.45) is 0 Å². The zero-order valence-electron chi connectivity index (χ0n) is 15.9. The predicted octanol–water partition coefficient (Wildman–Crippen LogP) is 4.49. The summed E-state index contributed by atoms with van der Waals surface area (Å²) >= 11 is 1.79. The molecule has 1 N–H and O–H groups in total. The highest BCUT2D eigenvalue weighted by molar-refractivity contribution is 7.18. The molecule has 0 aliphatic carbocycles. The minimum Gasteiger partial charge on any atom is -0.348 e. The number of hydrogen-bond acceptors (Lipinski definition) is 4. The molecule has 1 amide bonds. The van der Waals surface area contributed by atoms with Crippen LogP contribution in [-0.4, -0.2) is 35.4 Å². The molecule has 1 atom stereocenters. The summed E-state index contributed by atoms with van der Waals surface area (Å²) in [6.45, 7) is 4.13. The minimum atomic E-state index is -0.265. The van der Waals surface area contributed by atoms with E-state index in [1.165, 1.54) is 21.8 Å². The molecule has 2 aromatic carbocycles. The maximum absolute atomic E-state index is 13.0. The van der Waals surface area contributed by atoms with Crippen LogP contribution in [0.25, 0.3) is 10.2 Å². The number of aromatic nitrogens is 1. The molecule has 4 nitrogen and oxygen atoms in total. The van der Waals surface area contributed by atoms with Crippen LogP contribution in [0, 0.1) is 5.82 Å². The zero-order valence-corrected chi connectivity index (χ0v) is 16.7. The van der Waals surface area contributed by atoms with Gasteiger partial charge in [-0.1, -0.05) is 24.3 Å². The molecule has 1 fully saturated rings. The van der Waals surface area contributed by atoms with E-state index in [0.29, 0.717) is 12.5 Å². The summed E-state index contributed by atoms with van der Waals surface area (Å²) in [7, 11) is 0. The third kappa shape index (κ3) is 4.39. The number of nitrogens with one attached hydrogen (secondary N) is 1. The summed E-state index contributed by atoms with van der Waals surface area (Å²) in [4.78, 5) is 19.4. The molecule has 1 saturated heterocycles. The number of likely N-dealkylation sites (tertiary alicyclic amines) is 1. The fourth-order valence-corrected chi connectivity index (χ4v) is 4.86. The van der Waals surface area contributed by atoms with Crippen molar-refractivity contribution in [2.45, 2.75) is 31.7 Å². The smallest absolute Gasteiger partial charge is 0.234 e. The van der Waals surface area contributed by atoms with E-state index in [2.05, 4.69) is 28.4 Å². The molecule has 0 bridgehead atoms. The Kier molecular flexibility index (Phi) is 5.69. The lowest BCUT2D eigenvalue weighted by Gasteiger charge is -2.30. The lowest BCUT2D eigenvalue weighted by molar-refractivity contribution is -0.123. The van der Waals surface area contributed by atoms with E-state index >= 15 is 0 Å². The zero-order chi connectivity index (χ0) is 19.5. The van der Waals surface area contributed by atoms with E-state index in [4.69, 9.17) is 4.98 Å². The number of carbonyl (C=O) groups is 1. The third-order valence-electron chi connectivity index (χ3n) is 5.36. The summed E-state index contributed by atoms with van der Waals surface area (Å²) in [6, 6.07) is 14.4. The van der Waals surface area contributed by atoms with Gasteiger partial charge in [0.05, 0.1) is 27.8 Å². The number of rotatable bonds is 5. The predicted molar refractivity (Wildman–Crippen MR) is 111 cm³/mol. The van der Waals surface area contributed by atoms with Gasteiger partial charge in [-0.3, -0.25) is 9.69 Å².